The molecule has 0 fully saturated rings. The second-order valence-corrected chi connectivity index (χ2v) is 4.75. The van der Waals surface area contributed by atoms with E-state index < -0.39 is 0 Å². The molecule has 0 amide bonds. The fraction of sp³-hybridized carbons (Fsp3) is 0.0714. The monoisotopic (exact) mass is 292 g/mol. The molecular formula is C14H12N8. The van der Waals surface area contributed by atoms with E-state index in [4.69, 9.17) is 0 Å². The van der Waals surface area contributed by atoms with E-state index in [0.717, 1.165) is 23.0 Å². The number of nitrogens with zero attached hydrogens (tertiary/aromatic N) is 8. The zero-order valence-corrected chi connectivity index (χ0v) is 11.8. The first-order valence-corrected chi connectivity index (χ1v) is 6.68. The van der Waals surface area contributed by atoms with Crippen LogP contribution in [-0.2, 0) is 7.05 Å². The molecule has 0 unspecified atom stereocenters. The number of rotatable bonds is 3. The van der Waals surface area contributed by atoms with Gasteiger partial charge in [-0.25, -0.2) is 14.6 Å². The van der Waals surface area contributed by atoms with Crippen molar-refractivity contribution < 1.29 is 0 Å². The quantitative estimate of drug-likeness (QED) is 0.568. The lowest BCUT2D eigenvalue weighted by Gasteiger charge is -2.08. The van der Waals surface area contributed by atoms with Gasteiger partial charge in [-0.15, -0.1) is 5.10 Å². The van der Waals surface area contributed by atoms with Gasteiger partial charge in [0.2, 0.25) is 0 Å². The molecule has 0 bridgehead atoms. The van der Waals surface area contributed by atoms with E-state index in [1.165, 1.54) is 0 Å². The third kappa shape index (κ3) is 1.97. The van der Waals surface area contributed by atoms with Gasteiger partial charge in [-0.2, -0.15) is 0 Å². The second-order valence-electron chi connectivity index (χ2n) is 4.75. The summed E-state index contributed by atoms with van der Waals surface area (Å²) < 4.78 is 5.54. The topological polar surface area (TPSA) is 79.2 Å². The van der Waals surface area contributed by atoms with Gasteiger partial charge in [0.25, 0.3) is 0 Å². The third-order valence-corrected chi connectivity index (χ3v) is 3.40. The second kappa shape index (κ2) is 4.92. The van der Waals surface area contributed by atoms with Crippen LogP contribution in [0.25, 0.3) is 23.0 Å². The molecule has 1 aromatic carbocycles. The molecule has 8 heteroatoms. The van der Waals surface area contributed by atoms with Crippen molar-refractivity contribution >= 4 is 0 Å². The minimum Gasteiger partial charge on any atom is -0.331 e. The van der Waals surface area contributed by atoms with Crippen LogP contribution in [0.15, 0.2) is 55.4 Å². The van der Waals surface area contributed by atoms with E-state index in [1.54, 1.807) is 23.4 Å². The van der Waals surface area contributed by atoms with Gasteiger partial charge in [-0.05, 0) is 34.7 Å². The van der Waals surface area contributed by atoms with Crippen molar-refractivity contribution in [3.05, 3.63) is 55.4 Å². The average molecular weight is 292 g/mol. The molecule has 0 aliphatic rings. The van der Waals surface area contributed by atoms with Crippen LogP contribution in [-0.4, -0.2) is 39.3 Å². The van der Waals surface area contributed by atoms with Crippen molar-refractivity contribution in [3.8, 4) is 23.0 Å². The Balaban J connectivity index is 1.75. The number of tetrazole rings is 1. The molecule has 22 heavy (non-hydrogen) atoms. The lowest BCUT2D eigenvalue weighted by Crippen LogP contribution is -2.02. The summed E-state index contributed by atoms with van der Waals surface area (Å²) in [4.78, 5) is 8.76. The summed E-state index contributed by atoms with van der Waals surface area (Å²) in [6.45, 7) is 0. The minimum absolute atomic E-state index is 0.794. The summed E-state index contributed by atoms with van der Waals surface area (Å²) in [6.07, 6.45) is 8.89. The molecule has 8 nitrogen and oxygen atoms in total. The van der Waals surface area contributed by atoms with Gasteiger partial charge in [-0.3, -0.25) is 4.57 Å². The van der Waals surface area contributed by atoms with E-state index in [9.17, 15) is 0 Å². The smallest absolute Gasteiger partial charge is 0.181 e. The standard InChI is InChI=1S/C14H12N8/c1-20-8-6-15-13(20)14-16-7-9-21(14)11-2-4-12(5-3-11)22-10-17-18-19-22/h2-10H,1H3. The highest BCUT2D eigenvalue weighted by Gasteiger charge is 2.11. The molecule has 0 saturated carbocycles. The Morgan fingerprint density at radius 3 is 2.27 bits per heavy atom. The van der Waals surface area contributed by atoms with E-state index in [0.29, 0.717) is 0 Å². The SMILES string of the molecule is Cn1ccnc1-c1nccn1-c1ccc(-n2cnnn2)cc1. The molecule has 0 aliphatic carbocycles. The molecule has 108 valence electrons. The van der Waals surface area contributed by atoms with Crippen LogP contribution < -0.4 is 0 Å². The number of hydrogen-bond donors (Lipinski definition) is 0. The molecule has 0 aliphatic heterocycles. The van der Waals surface area contributed by atoms with Gasteiger partial charge in [0, 0.05) is 37.5 Å². The van der Waals surface area contributed by atoms with Crippen molar-refractivity contribution in [2.24, 2.45) is 7.05 Å². The first kappa shape index (κ1) is 12.5. The maximum Gasteiger partial charge on any atom is 0.181 e. The Hall–Kier alpha value is -3.29. The summed E-state index contributed by atoms with van der Waals surface area (Å²) in [5.74, 6) is 1.61. The Morgan fingerprint density at radius 1 is 0.864 bits per heavy atom. The summed E-state index contributed by atoms with van der Waals surface area (Å²) in [6, 6.07) is 7.89. The van der Waals surface area contributed by atoms with Crippen molar-refractivity contribution in [3.63, 3.8) is 0 Å². The average Bonchev–Trinajstić information content (AvgIpc) is 3.28. The van der Waals surface area contributed by atoms with Gasteiger partial charge < -0.3 is 4.57 Å². The fourth-order valence-electron chi connectivity index (χ4n) is 2.30. The van der Waals surface area contributed by atoms with Crippen LogP contribution in [0.2, 0.25) is 0 Å². The summed E-state index contributed by atoms with van der Waals surface area (Å²) in [5.41, 5.74) is 1.89. The molecule has 4 rings (SSSR count). The van der Waals surface area contributed by atoms with Crippen molar-refractivity contribution in [1.82, 2.24) is 39.3 Å². The van der Waals surface area contributed by atoms with E-state index in [2.05, 4.69) is 25.5 Å². The molecule has 0 radical (unpaired) electrons. The predicted octanol–water partition coefficient (Wildman–Crippen LogP) is 1.25. The van der Waals surface area contributed by atoms with Crippen molar-refractivity contribution in [2.45, 2.75) is 0 Å². The molecule has 0 atom stereocenters. The van der Waals surface area contributed by atoms with E-state index in [-0.39, 0.29) is 0 Å². The van der Waals surface area contributed by atoms with Crippen molar-refractivity contribution in [1.29, 1.82) is 0 Å². The fourth-order valence-corrected chi connectivity index (χ4v) is 2.30. The Bertz CT molecular complexity index is 885. The van der Waals surface area contributed by atoms with Crippen LogP contribution in [0.5, 0.6) is 0 Å². The Labute approximate surface area is 125 Å². The first-order chi connectivity index (χ1) is 10.8. The summed E-state index contributed by atoms with van der Waals surface area (Å²) >= 11 is 0. The normalized spacial score (nSPS) is 11.0. The van der Waals surface area contributed by atoms with Crippen LogP contribution in [0.3, 0.4) is 0 Å². The zero-order chi connectivity index (χ0) is 14.9. The van der Waals surface area contributed by atoms with Crippen LogP contribution in [0.1, 0.15) is 0 Å². The number of benzene rings is 1. The lowest BCUT2D eigenvalue weighted by atomic mass is 10.2. The Morgan fingerprint density at radius 2 is 1.59 bits per heavy atom. The molecule has 0 N–H and O–H groups in total. The van der Waals surface area contributed by atoms with Gasteiger partial charge in [0.15, 0.2) is 11.6 Å². The highest BCUT2D eigenvalue weighted by atomic mass is 15.5. The predicted molar refractivity (Wildman–Crippen MR) is 78.5 cm³/mol. The van der Waals surface area contributed by atoms with Crippen molar-refractivity contribution in [2.75, 3.05) is 0 Å². The number of aryl methyl sites for hydroxylation is 1. The molecule has 0 saturated heterocycles. The van der Waals surface area contributed by atoms with Crippen LogP contribution >= 0.6 is 0 Å². The lowest BCUT2D eigenvalue weighted by molar-refractivity contribution is 0.788. The molecule has 0 spiro atoms. The van der Waals surface area contributed by atoms with Gasteiger partial charge in [0.05, 0.1) is 5.69 Å². The Kier molecular flexibility index (Phi) is 2.78. The number of hydrogen-bond acceptors (Lipinski definition) is 5. The minimum atomic E-state index is 0.794. The number of imidazole rings is 2. The third-order valence-electron chi connectivity index (χ3n) is 3.40. The van der Waals surface area contributed by atoms with E-state index >= 15 is 0 Å². The van der Waals surface area contributed by atoms with Crippen LogP contribution in [0, 0.1) is 0 Å². The first-order valence-electron chi connectivity index (χ1n) is 6.68. The maximum absolute atomic E-state index is 4.41. The maximum atomic E-state index is 4.41. The molecular weight excluding hydrogens is 280 g/mol. The van der Waals surface area contributed by atoms with Gasteiger partial charge in [-0.1, -0.05) is 0 Å². The highest BCUT2D eigenvalue weighted by molar-refractivity contribution is 5.52. The van der Waals surface area contributed by atoms with E-state index in [1.807, 2.05) is 52.8 Å². The van der Waals surface area contributed by atoms with Crippen LogP contribution in [0.4, 0.5) is 0 Å². The molecule has 3 aromatic heterocycles. The number of aromatic nitrogens is 8. The van der Waals surface area contributed by atoms with Gasteiger partial charge in [0.1, 0.15) is 6.33 Å². The highest BCUT2D eigenvalue weighted by Crippen LogP contribution is 2.20. The largest absolute Gasteiger partial charge is 0.331 e. The molecule has 3 heterocycles. The summed E-state index contributed by atoms with van der Waals surface area (Å²) in [5, 5.41) is 11.1. The van der Waals surface area contributed by atoms with Gasteiger partial charge >= 0.3 is 0 Å². The molecule has 4 aromatic rings. The summed E-state index contributed by atoms with van der Waals surface area (Å²) in [7, 11) is 1.95. The zero-order valence-electron chi connectivity index (χ0n) is 11.8.